The molecule has 0 aromatic heterocycles. The quantitative estimate of drug-likeness (QED) is 0.698. The number of anilines is 2. The summed E-state index contributed by atoms with van der Waals surface area (Å²) in [6.07, 6.45) is 0. The zero-order chi connectivity index (χ0) is 21.9. The van der Waals surface area contributed by atoms with Gasteiger partial charge in [-0.15, -0.1) is 0 Å². The molecule has 4 amide bonds. The summed E-state index contributed by atoms with van der Waals surface area (Å²) in [6.45, 7) is 1.79. The SMILES string of the molecule is CC(=O)NS(=O)(=O)c1ccc(NC(=O)CN2CCN(c3ccc(Cl)cc3)C2=O)cc1. The van der Waals surface area contributed by atoms with Crippen LogP contribution in [0.4, 0.5) is 16.2 Å². The van der Waals surface area contributed by atoms with Gasteiger partial charge in [-0.2, -0.15) is 0 Å². The summed E-state index contributed by atoms with van der Waals surface area (Å²) in [6, 6.07) is 11.9. The minimum Gasteiger partial charge on any atom is -0.325 e. The smallest absolute Gasteiger partial charge is 0.325 e. The van der Waals surface area contributed by atoms with Gasteiger partial charge in [-0.25, -0.2) is 17.9 Å². The average Bonchev–Trinajstić information content (AvgIpc) is 3.02. The van der Waals surface area contributed by atoms with Crippen LogP contribution in [0.2, 0.25) is 5.02 Å². The number of sulfonamides is 1. The number of carbonyl (C=O) groups is 3. The fraction of sp³-hybridized carbons (Fsp3) is 0.211. The summed E-state index contributed by atoms with van der Waals surface area (Å²) in [7, 11) is -3.94. The number of carbonyl (C=O) groups excluding carboxylic acids is 3. The Hall–Kier alpha value is -3.11. The molecule has 0 aliphatic carbocycles. The van der Waals surface area contributed by atoms with E-state index in [0.29, 0.717) is 29.5 Å². The topological polar surface area (TPSA) is 116 Å². The molecule has 1 aliphatic heterocycles. The average molecular weight is 451 g/mol. The second-order valence-corrected chi connectivity index (χ2v) is 8.69. The predicted octanol–water partition coefficient (Wildman–Crippen LogP) is 2.05. The van der Waals surface area contributed by atoms with Crippen molar-refractivity contribution in [2.24, 2.45) is 0 Å². The third-order valence-electron chi connectivity index (χ3n) is 4.29. The van der Waals surface area contributed by atoms with Gasteiger partial charge in [-0.05, 0) is 48.5 Å². The Morgan fingerprint density at radius 2 is 1.67 bits per heavy atom. The zero-order valence-corrected chi connectivity index (χ0v) is 17.5. The first-order chi connectivity index (χ1) is 14.2. The van der Waals surface area contributed by atoms with E-state index in [-0.39, 0.29) is 17.5 Å². The molecule has 0 saturated carbocycles. The molecule has 2 aromatic rings. The first kappa shape index (κ1) is 21.6. The van der Waals surface area contributed by atoms with E-state index in [1.165, 1.54) is 29.2 Å². The van der Waals surface area contributed by atoms with E-state index in [2.05, 4.69) is 5.32 Å². The van der Waals surface area contributed by atoms with Crippen molar-refractivity contribution in [1.82, 2.24) is 9.62 Å². The van der Waals surface area contributed by atoms with Crippen molar-refractivity contribution in [3.63, 3.8) is 0 Å². The van der Waals surface area contributed by atoms with Crippen molar-refractivity contribution < 1.29 is 22.8 Å². The summed E-state index contributed by atoms with van der Waals surface area (Å²) >= 11 is 5.87. The Labute approximate surface area is 178 Å². The van der Waals surface area contributed by atoms with Gasteiger partial charge >= 0.3 is 6.03 Å². The number of nitrogens with one attached hydrogen (secondary N) is 2. The predicted molar refractivity (Wildman–Crippen MR) is 112 cm³/mol. The molecule has 2 aromatic carbocycles. The van der Waals surface area contributed by atoms with Gasteiger partial charge in [0, 0.05) is 36.4 Å². The van der Waals surface area contributed by atoms with Gasteiger partial charge in [-0.1, -0.05) is 11.6 Å². The van der Waals surface area contributed by atoms with Crippen molar-refractivity contribution in [2.75, 3.05) is 29.9 Å². The second-order valence-electron chi connectivity index (χ2n) is 6.57. The van der Waals surface area contributed by atoms with Gasteiger partial charge in [0.1, 0.15) is 6.54 Å². The third-order valence-corrected chi connectivity index (χ3v) is 6.00. The summed E-state index contributed by atoms with van der Waals surface area (Å²) in [4.78, 5) is 38.7. The molecule has 1 saturated heterocycles. The molecule has 30 heavy (non-hydrogen) atoms. The lowest BCUT2D eigenvalue weighted by Gasteiger charge is -2.18. The molecule has 0 bridgehead atoms. The Morgan fingerprint density at radius 3 is 2.27 bits per heavy atom. The number of hydrogen-bond acceptors (Lipinski definition) is 5. The molecular weight excluding hydrogens is 432 g/mol. The third kappa shape index (κ3) is 5.08. The molecule has 1 fully saturated rings. The van der Waals surface area contributed by atoms with Crippen LogP contribution in [0.1, 0.15) is 6.92 Å². The number of halogens is 1. The van der Waals surface area contributed by atoms with Crippen LogP contribution < -0.4 is 14.9 Å². The van der Waals surface area contributed by atoms with E-state index < -0.39 is 21.8 Å². The summed E-state index contributed by atoms with van der Waals surface area (Å²) in [5.41, 5.74) is 1.06. The molecule has 11 heteroatoms. The number of rotatable bonds is 6. The summed E-state index contributed by atoms with van der Waals surface area (Å²) < 4.78 is 25.7. The first-order valence-electron chi connectivity index (χ1n) is 8.91. The maximum atomic E-state index is 12.6. The number of hydrogen-bond donors (Lipinski definition) is 2. The van der Waals surface area contributed by atoms with Crippen LogP contribution in [0, 0.1) is 0 Å². The van der Waals surface area contributed by atoms with Gasteiger partial charge in [0.15, 0.2) is 0 Å². The van der Waals surface area contributed by atoms with E-state index in [1.54, 1.807) is 29.2 Å². The number of nitrogens with zero attached hydrogens (tertiary/aromatic N) is 2. The lowest BCUT2D eigenvalue weighted by Crippen LogP contribution is -2.37. The molecule has 0 spiro atoms. The van der Waals surface area contributed by atoms with E-state index in [1.807, 2.05) is 4.72 Å². The van der Waals surface area contributed by atoms with E-state index in [0.717, 1.165) is 6.92 Å². The van der Waals surface area contributed by atoms with Crippen LogP contribution in [-0.2, 0) is 19.6 Å². The molecule has 0 atom stereocenters. The number of amides is 4. The molecule has 1 aliphatic rings. The largest absolute Gasteiger partial charge is 0.325 e. The van der Waals surface area contributed by atoms with Crippen LogP contribution in [0.5, 0.6) is 0 Å². The van der Waals surface area contributed by atoms with Crippen molar-refractivity contribution >= 4 is 50.8 Å². The highest BCUT2D eigenvalue weighted by Gasteiger charge is 2.30. The molecule has 2 N–H and O–H groups in total. The molecule has 158 valence electrons. The van der Waals surface area contributed by atoms with Gasteiger partial charge in [-0.3, -0.25) is 14.5 Å². The summed E-state index contributed by atoms with van der Waals surface area (Å²) in [5.74, 6) is -1.12. The Bertz CT molecular complexity index is 1070. The van der Waals surface area contributed by atoms with Crippen molar-refractivity contribution in [3.8, 4) is 0 Å². The lowest BCUT2D eigenvalue weighted by atomic mass is 10.3. The molecular formula is C19H19ClN4O5S. The van der Waals surface area contributed by atoms with Crippen molar-refractivity contribution in [2.45, 2.75) is 11.8 Å². The molecule has 3 rings (SSSR count). The molecule has 1 heterocycles. The standard InChI is InChI=1S/C19H19ClN4O5S/c1-13(25)22-30(28,29)17-8-4-15(5-9-17)21-18(26)12-23-10-11-24(19(23)27)16-6-2-14(20)3-7-16/h2-9H,10-12H2,1H3,(H,21,26)(H,22,25). The van der Waals surface area contributed by atoms with Crippen LogP contribution in [0.25, 0.3) is 0 Å². The van der Waals surface area contributed by atoms with Crippen LogP contribution in [-0.4, -0.2) is 50.8 Å². The Morgan fingerprint density at radius 1 is 1.03 bits per heavy atom. The highest BCUT2D eigenvalue weighted by molar-refractivity contribution is 7.90. The molecule has 0 unspecified atom stereocenters. The van der Waals surface area contributed by atoms with Gasteiger partial charge < -0.3 is 10.2 Å². The van der Waals surface area contributed by atoms with Crippen molar-refractivity contribution in [3.05, 3.63) is 53.6 Å². The summed E-state index contributed by atoms with van der Waals surface area (Å²) in [5, 5.41) is 3.19. The van der Waals surface area contributed by atoms with Gasteiger partial charge in [0.05, 0.1) is 4.90 Å². The van der Waals surface area contributed by atoms with Crippen LogP contribution in [0.3, 0.4) is 0 Å². The van der Waals surface area contributed by atoms with E-state index >= 15 is 0 Å². The van der Waals surface area contributed by atoms with Gasteiger partial charge in [0.2, 0.25) is 11.8 Å². The fourth-order valence-electron chi connectivity index (χ4n) is 2.93. The zero-order valence-electron chi connectivity index (χ0n) is 16.0. The Balaban J connectivity index is 1.59. The van der Waals surface area contributed by atoms with E-state index in [4.69, 9.17) is 11.6 Å². The second kappa shape index (κ2) is 8.72. The highest BCUT2D eigenvalue weighted by Crippen LogP contribution is 2.22. The Kier molecular flexibility index (Phi) is 6.28. The highest BCUT2D eigenvalue weighted by atomic mass is 35.5. The molecule has 0 radical (unpaired) electrons. The lowest BCUT2D eigenvalue weighted by molar-refractivity contribution is -0.117. The monoisotopic (exact) mass is 450 g/mol. The fourth-order valence-corrected chi connectivity index (χ4v) is 4.05. The van der Waals surface area contributed by atoms with Gasteiger partial charge in [0.25, 0.3) is 10.0 Å². The number of benzene rings is 2. The molecule has 9 nitrogen and oxygen atoms in total. The number of urea groups is 1. The maximum Gasteiger partial charge on any atom is 0.325 e. The minimum absolute atomic E-state index is 0.107. The first-order valence-corrected chi connectivity index (χ1v) is 10.8. The minimum atomic E-state index is -3.94. The maximum absolute atomic E-state index is 12.6. The van der Waals surface area contributed by atoms with Crippen LogP contribution >= 0.6 is 11.6 Å². The normalized spacial score (nSPS) is 14.0. The van der Waals surface area contributed by atoms with Crippen LogP contribution in [0.15, 0.2) is 53.4 Å². The van der Waals surface area contributed by atoms with E-state index in [9.17, 15) is 22.8 Å². The van der Waals surface area contributed by atoms with Crippen molar-refractivity contribution in [1.29, 1.82) is 0 Å².